The first-order valence-corrected chi connectivity index (χ1v) is 8.17. The number of hydrogen-bond acceptors (Lipinski definition) is 3. The first kappa shape index (κ1) is 16.5. The summed E-state index contributed by atoms with van der Waals surface area (Å²) in [6.07, 6.45) is 2.61. The first-order chi connectivity index (χ1) is 10.2. The fourth-order valence-electron chi connectivity index (χ4n) is 3.30. The van der Waals surface area contributed by atoms with Crippen LogP contribution in [0, 0.1) is 5.92 Å². The van der Waals surface area contributed by atoms with E-state index in [9.17, 15) is 0 Å². The number of hydrogen-bond donors (Lipinski definition) is 1. The highest BCUT2D eigenvalue weighted by Gasteiger charge is 2.19. The Morgan fingerprint density at radius 3 is 2.76 bits per heavy atom. The summed E-state index contributed by atoms with van der Waals surface area (Å²) in [4.78, 5) is 2.57. The predicted octanol–water partition coefficient (Wildman–Crippen LogP) is 2.87. The van der Waals surface area contributed by atoms with Crippen LogP contribution in [0.1, 0.15) is 36.8 Å². The second-order valence-corrected chi connectivity index (χ2v) is 6.40. The minimum atomic E-state index is 0.574. The molecule has 0 bridgehead atoms. The Morgan fingerprint density at radius 2 is 2.10 bits per heavy atom. The zero-order valence-electron chi connectivity index (χ0n) is 13.8. The van der Waals surface area contributed by atoms with Crippen LogP contribution in [0.3, 0.4) is 0 Å². The third-order valence-corrected chi connectivity index (χ3v) is 4.47. The third kappa shape index (κ3) is 5.10. The molecule has 0 radical (unpaired) electrons. The standard InChI is InChI=1S/C18H30N2O/c1-15(11-19-2)18-8-6-16(7-9-18)12-20-10-4-5-17(13-20)14-21-3/h6-9,15,17,19H,4-5,10-14H2,1-3H3. The van der Waals surface area contributed by atoms with Gasteiger partial charge in [0.05, 0.1) is 6.61 Å². The van der Waals surface area contributed by atoms with E-state index in [1.54, 1.807) is 0 Å². The number of benzene rings is 1. The van der Waals surface area contributed by atoms with E-state index in [2.05, 4.69) is 41.4 Å². The van der Waals surface area contributed by atoms with Gasteiger partial charge in [-0.05, 0) is 49.4 Å². The summed E-state index contributed by atoms with van der Waals surface area (Å²) in [6, 6.07) is 9.16. The minimum absolute atomic E-state index is 0.574. The van der Waals surface area contributed by atoms with Crippen LogP contribution in [0.15, 0.2) is 24.3 Å². The molecule has 118 valence electrons. The number of nitrogens with zero attached hydrogens (tertiary/aromatic N) is 1. The highest BCUT2D eigenvalue weighted by atomic mass is 16.5. The molecule has 2 unspecified atom stereocenters. The quantitative estimate of drug-likeness (QED) is 0.835. The van der Waals surface area contributed by atoms with E-state index in [1.165, 1.54) is 37.1 Å². The van der Waals surface area contributed by atoms with Crippen molar-refractivity contribution < 1.29 is 4.74 Å². The summed E-state index contributed by atoms with van der Waals surface area (Å²) >= 11 is 0. The maximum absolute atomic E-state index is 5.31. The molecule has 2 rings (SSSR count). The third-order valence-electron chi connectivity index (χ3n) is 4.47. The minimum Gasteiger partial charge on any atom is -0.384 e. The van der Waals surface area contributed by atoms with E-state index in [0.29, 0.717) is 11.8 Å². The van der Waals surface area contributed by atoms with Gasteiger partial charge in [0.1, 0.15) is 0 Å². The van der Waals surface area contributed by atoms with E-state index >= 15 is 0 Å². The Bertz CT molecular complexity index is 402. The van der Waals surface area contributed by atoms with Gasteiger partial charge >= 0.3 is 0 Å². The molecule has 0 spiro atoms. The van der Waals surface area contributed by atoms with Crippen molar-refractivity contribution >= 4 is 0 Å². The van der Waals surface area contributed by atoms with Crippen molar-refractivity contribution in [2.75, 3.05) is 40.4 Å². The van der Waals surface area contributed by atoms with Crippen molar-refractivity contribution in [3.05, 3.63) is 35.4 Å². The number of ether oxygens (including phenoxy) is 1. The van der Waals surface area contributed by atoms with Gasteiger partial charge in [-0.1, -0.05) is 31.2 Å². The van der Waals surface area contributed by atoms with Crippen LogP contribution in [0.25, 0.3) is 0 Å². The molecular formula is C18H30N2O. The van der Waals surface area contributed by atoms with E-state index in [-0.39, 0.29) is 0 Å². The molecule has 3 nitrogen and oxygen atoms in total. The lowest BCUT2D eigenvalue weighted by molar-refractivity contribution is 0.0874. The van der Waals surface area contributed by atoms with Gasteiger partial charge in [0.15, 0.2) is 0 Å². The number of methoxy groups -OCH3 is 1. The molecule has 2 atom stereocenters. The lowest BCUT2D eigenvalue weighted by atomic mass is 9.97. The Morgan fingerprint density at radius 1 is 1.33 bits per heavy atom. The molecule has 1 fully saturated rings. The zero-order valence-corrected chi connectivity index (χ0v) is 13.8. The largest absolute Gasteiger partial charge is 0.384 e. The Hall–Kier alpha value is -0.900. The van der Waals surface area contributed by atoms with E-state index in [1.807, 2.05) is 14.2 Å². The second kappa shape index (κ2) is 8.52. The van der Waals surface area contributed by atoms with Crippen LogP contribution < -0.4 is 5.32 Å². The van der Waals surface area contributed by atoms with E-state index < -0.39 is 0 Å². The van der Waals surface area contributed by atoms with Gasteiger partial charge in [0.25, 0.3) is 0 Å². The molecule has 3 heteroatoms. The number of nitrogens with one attached hydrogen (secondary N) is 1. The molecule has 0 amide bonds. The molecule has 1 heterocycles. The number of piperidine rings is 1. The topological polar surface area (TPSA) is 24.5 Å². The average molecular weight is 290 g/mol. The van der Waals surface area contributed by atoms with E-state index in [4.69, 9.17) is 4.74 Å². The van der Waals surface area contributed by atoms with Crippen molar-refractivity contribution in [2.45, 2.75) is 32.2 Å². The molecule has 1 aliphatic rings. The molecule has 0 saturated carbocycles. The molecule has 21 heavy (non-hydrogen) atoms. The van der Waals surface area contributed by atoms with Crippen LogP contribution in [0.4, 0.5) is 0 Å². The SMILES string of the molecule is CNCC(C)c1ccc(CN2CCCC(COC)C2)cc1. The predicted molar refractivity (Wildman–Crippen MR) is 88.7 cm³/mol. The molecule has 1 saturated heterocycles. The van der Waals surface area contributed by atoms with Crippen LogP contribution in [-0.4, -0.2) is 45.3 Å². The van der Waals surface area contributed by atoms with Crippen LogP contribution >= 0.6 is 0 Å². The first-order valence-electron chi connectivity index (χ1n) is 8.17. The van der Waals surface area contributed by atoms with Gasteiger partial charge in [0.2, 0.25) is 0 Å². The summed E-state index contributed by atoms with van der Waals surface area (Å²) in [5.74, 6) is 1.28. The molecule has 1 N–H and O–H groups in total. The maximum Gasteiger partial charge on any atom is 0.0502 e. The summed E-state index contributed by atoms with van der Waals surface area (Å²) in [7, 11) is 3.82. The molecule has 1 aromatic rings. The Labute approximate surface area is 129 Å². The number of likely N-dealkylation sites (tertiary alicyclic amines) is 1. The van der Waals surface area contributed by atoms with Gasteiger partial charge in [-0.15, -0.1) is 0 Å². The van der Waals surface area contributed by atoms with Gasteiger partial charge in [-0.3, -0.25) is 4.90 Å². The smallest absolute Gasteiger partial charge is 0.0502 e. The Kier molecular flexibility index (Phi) is 6.68. The normalized spacial score (nSPS) is 21.4. The van der Waals surface area contributed by atoms with Crippen molar-refractivity contribution in [3.63, 3.8) is 0 Å². The van der Waals surface area contributed by atoms with Crippen molar-refractivity contribution in [3.8, 4) is 0 Å². The van der Waals surface area contributed by atoms with Gasteiger partial charge < -0.3 is 10.1 Å². The van der Waals surface area contributed by atoms with Gasteiger partial charge in [0, 0.05) is 26.7 Å². The van der Waals surface area contributed by atoms with E-state index in [0.717, 1.165) is 19.7 Å². The number of likely N-dealkylation sites (N-methyl/N-ethyl adjacent to an activating group) is 1. The zero-order chi connectivity index (χ0) is 15.1. The Balaban J connectivity index is 1.88. The molecular weight excluding hydrogens is 260 g/mol. The van der Waals surface area contributed by atoms with Gasteiger partial charge in [-0.25, -0.2) is 0 Å². The average Bonchev–Trinajstić information content (AvgIpc) is 2.49. The molecule has 0 aliphatic carbocycles. The second-order valence-electron chi connectivity index (χ2n) is 6.40. The van der Waals surface area contributed by atoms with Crippen LogP contribution in [0.5, 0.6) is 0 Å². The lowest BCUT2D eigenvalue weighted by Gasteiger charge is -2.32. The summed E-state index contributed by atoms with van der Waals surface area (Å²) in [6.45, 7) is 7.66. The highest BCUT2D eigenvalue weighted by molar-refractivity contribution is 5.25. The lowest BCUT2D eigenvalue weighted by Crippen LogP contribution is -2.36. The monoisotopic (exact) mass is 290 g/mol. The fraction of sp³-hybridized carbons (Fsp3) is 0.667. The summed E-state index contributed by atoms with van der Waals surface area (Å²) < 4.78 is 5.31. The highest BCUT2D eigenvalue weighted by Crippen LogP contribution is 2.20. The molecule has 0 aromatic heterocycles. The fourth-order valence-corrected chi connectivity index (χ4v) is 3.30. The number of rotatable bonds is 7. The van der Waals surface area contributed by atoms with Crippen molar-refractivity contribution in [1.29, 1.82) is 0 Å². The molecule has 1 aliphatic heterocycles. The summed E-state index contributed by atoms with van der Waals surface area (Å²) in [5, 5.41) is 3.24. The van der Waals surface area contributed by atoms with Crippen molar-refractivity contribution in [1.82, 2.24) is 10.2 Å². The van der Waals surface area contributed by atoms with Crippen LogP contribution in [0.2, 0.25) is 0 Å². The summed E-state index contributed by atoms with van der Waals surface area (Å²) in [5.41, 5.74) is 2.84. The van der Waals surface area contributed by atoms with Crippen molar-refractivity contribution in [2.24, 2.45) is 5.92 Å². The van der Waals surface area contributed by atoms with Gasteiger partial charge in [-0.2, -0.15) is 0 Å². The van der Waals surface area contributed by atoms with Crippen LogP contribution in [-0.2, 0) is 11.3 Å². The molecule has 1 aromatic carbocycles. The maximum atomic E-state index is 5.31.